The Morgan fingerprint density at radius 3 is 2.78 bits per heavy atom. The fourth-order valence-electron chi connectivity index (χ4n) is 2.08. The Morgan fingerprint density at radius 1 is 1.00 bits per heavy atom. The van der Waals surface area contributed by atoms with Crippen LogP contribution in [0.1, 0.15) is 5.56 Å². The average molecular weight is 252 g/mol. The predicted molar refractivity (Wildman–Crippen MR) is 71.0 cm³/mol. The van der Waals surface area contributed by atoms with Crippen molar-refractivity contribution in [2.24, 2.45) is 0 Å². The number of thioether (sulfide) groups is 1. The van der Waals surface area contributed by atoms with E-state index in [1.165, 1.54) is 5.56 Å². The van der Waals surface area contributed by atoms with Gasteiger partial charge in [0.15, 0.2) is 5.65 Å². The average Bonchev–Trinajstić information content (AvgIpc) is 2.87. The Bertz CT molecular complexity index is 761. The SMILES string of the molecule is C1=C(c2ccccc2)n2cnc3ncnc(c32)S1. The van der Waals surface area contributed by atoms with E-state index in [0.29, 0.717) is 0 Å². The molecule has 3 heterocycles. The second-order valence-corrected chi connectivity index (χ2v) is 4.81. The van der Waals surface area contributed by atoms with Crippen LogP contribution in [0.2, 0.25) is 0 Å². The molecular weight excluding hydrogens is 244 g/mol. The van der Waals surface area contributed by atoms with Gasteiger partial charge in [-0.05, 0) is 5.56 Å². The first kappa shape index (κ1) is 9.85. The van der Waals surface area contributed by atoms with Crippen LogP contribution in [0.25, 0.3) is 16.9 Å². The number of rotatable bonds is 1. The van der Waals surface area contributed by atoms with E-state index in [9.17, 15) is 0 Å². The van der Waals surface area contributed by atoms with Crippen LogP contribution >= 0.6 is 11.8 Å². The second-order valence-electron chi connectivity index (χ2n) is 3.95. The zero-order valence-electron chi connectivity index (χ0n) is 9.32. The first-order valence-corrected chi connectivity index (χ1v) is 6.42. The summed E-state index contributed by atoms with van der Waals surface area (Å²) in [5.74, 6) is 0. The molecule has 0 amide bonds. The smallest absolute Gasteiger partial charge is 0.182 e. The minimum Gasteiger partial charge on any atom is -0.294 e. The monoisotopic (exact) mass is 252 g/mol. The summed E-state index contributed by atoms with van der Waals surface area (Å²) in [5, 5.41) is 3.06. The van der Waals surface area contributed by atoms with Crippen LogP contribution in [-0.4, -0.2) is 19.5 Å². The van der Waals surface area contributed by atoms with Crippen molar-refractivity contribution in [3.63, 3.8) is 0 Å². The van der Waals surface area contributed by atoms with E-state index in [2.05, 4.69) is 37.1 Å². The van der Waals surface area contributed by atoms with Crippen molar-refractivity contribution in [3.05, 3.63) is 54.0 Å². The molecule has 2 aromatic heterocycles. The number of hydrogen-bond acceptors (Lipinski definition) is 4. The lowest BCUT2D eigenvalue weighted by molar-refractivity contribution is 1.05. The number of aromatic nitrogens is 4. The van der Waals surface area contributed by atoms with Gasteiger partial charge in [-0.2, -0.15) is 0 Å². The lowest BCUT2D eigenvalue weighted by Gasteiger charge is -2.15. The van der Waals surface area contributed by atoms with Gasteiger partial charge >= 0.3 is 0 Å². The number of nitrogens with zero attached hydrogens (tertiary/aromatic N) is 4. The van der Waals surface area contributed by atoms with Gasteiger partial charge in [0.2, 0.25) is 0 Å². The molecule has 0 atom stereocenters. The fraction of sp³-hybridized carbons (Fsp3) is 0. The first-order valence-electron chi connectivity index (χ1n) is 5.54. The zero-order chi connectivity index (χ0) is 11.9. The molecule has 1 aromatic carbocycles. The highest BCUT2D eigenvalue weighted by molar-refractivity contribution is 8.02. The van der Waals surface area contributed by atoms with Crippen molar-refractivity contribution in [2.75, 3.05) is 0 Å². The molecule has 0 fully saturated rings. The van der Waals surface area contributed by atoms with E-state index in [1.807, 2.05) is 18.2 Å². The van der Waals surface area contributed by atoms with Gasteiger partial charge in [0.05, 0.1) is 5.70 Å². The lowest BCUT2D eigenvalue weighted by Crippen LogP contribution is -2.02. The van der Waals surface area contributed by atoms with Crippen LogP contribution in [0, 0.1) is 0 Å². The van der Waals surface area contributed by atoms with E-state index in [4.69, 9.17) is 0 Å². The normalized spacial score (nSPS) is 13.7. The molecule has 0 unspecified atom stereocenters. The molecule has 1 aliphatic rings. The summed E-state index contributed by atoms with van der Waals surface area (Å²) in [5.41, 5.74) is 4.02. The van der Waals surface area contributed by atoms with Gasteiger partial charge in [-0.1, -0.05) is 42.1 Å². The van der Waals surface area contributed by atoms with Crippen LogP contribution in [0.15, 0.2) is 53.4 Å². The van der Waals surface area contributed by atoms with Gasteiger partial charge in [0.25, 0.3) is 0 Å². The van der Waals surface area contributed by atoms with Gasteiger partial charge in [0, 0.05) is 5.41 Å². The summed E-state index contributed by atoms with van der Waals surface area (Å²) in [6.45, 7) is 0. The molecule has 4 rings (SSSR count). The van der Waals surface area contributed by atoms with Crippen molar-refractivity contribution < 1.29 is 0 Å². The molecule has 3 aromatic rings. The molecule has 0 radical (unpaired) electrons. The van der Waals surface area contributed by atoms with Crippen LogP contribution in [0.3, 0.4) is 0 Å². The standard InChI is InChI=1S/C13H8N4S/c1-2-4-9(5-3-1)10-6-18-13-11-12(14-7-15-13)16-8-17(10)11/h1-8H. The Hall–Kier alpha value is -2.14. The minimum absolute atomic E-state index is 0.744. The predicted octanol–water partition coefficient (Wildman–Crippen LogP) is 2.78. The summed E-state index contributed by atoms with van der Waals surface area (Å²) < 4.78 is 2.05. The molecule has 0 N–H and O–H groups in total. The van der Waals surface area contributed by atoms with Gasteiger partial charge in [-0.25, -0.2) is 15.0 Å². The Morgan fingerprint density at radius 2 is 1.89 bits per heavy atom. The second kappa shape index (κ2) is 3.68. The Labute approximate surface area is 107 Å². The number of benzene rings is 1. The van der Waals surface area contributed by atoms with E-state index in [0.717, 1.165) is 21.9 Å². The van der Waals surface area contributed by atoms with E-state index in [-0.39, 0.29) is 0 Å². The van der Waals surface area contributed by atoms with Crippen molar-refractivity contribution >= 4 is 28.6 Å². The summed E-state index contributed by atoms with van der Waals surface area (Å²) in [7, 11) is 0. The third kappa shape index (κ3) is 1.31. The van der Waals surface area contributed by atoms with Gasteiger partial charge in [-0.3, -0.25) is 4.57 Å². The lowest BCUT2D eigenvalue weighted by atomic mass is 10.2. The van der Waals surface area contributed by atoms with E-state index < -0.39 is 0 Å². The molecule has 1 aliphatic heterocycles. The van der Waals surface area contributed by atoms with Gasteiger partial charge < -0.3 is 0 Å². The van der Waals surface area contributed by atoms with Crippen LogP contribution in [0.5, 0.6) is 0 Å². The maximum Gasteiger partial charge on any atom is 0.182 e. The molecule has 0 saturated carbocycles. The molecule has 0 bridgehead atoms. The minimum atomic E-state index is 0.744. The van der Waals surface area contributed by atoms with Crippen LogP contribution in [-0.2, 0) is 0 Å². The highest BCUT2D eigenvalue weighted by Crippen LogP contribution is 2.35. The van der Waals surface area contributed by atoms with Crippen molar-refractivity contribution in [3.8, 4) is 0 Å². The molecule has 0 aliphatic carbocycles. The number of hydrogen-bond donors (Lipinski definition) is 0. The fourth-order valence-corrected chi connectivity index (χ4v) is 2.96. The maximum absolute atomic E-state index is 4.32. The molecule has 4 nitrogen and oxygen atoms in total. The van der Waals surface area contributed by atoms with E-state index >= 15 is 0 Å². The van der Waals surface area contributed by atoms with Crippen molar-refractivity contribution in [2.45, 2.75) is 5.03 Å². The van der Waals surface area contributed by atoms with Crippen LogP contribution in [0.4, 0.5) is 0 Å². The highest BCUT2D eigenvalue weighted by Gasteiger charge is 2.18. The molecule has 86 valence electrons. The summed E-state index contributed by atoms with van der Waals surface area (Å²) >= 11 is 1.61. The largest absolute Gasteiger partial charge is 0.294 e. The summed E-state index contributed by atoms with van der Waals surface area (Å²) in [4.78, 5) is 12.8. The molecular formula is C13H8N4S. The van der Waals surface area contributed by atoms with Crippen LogP contribution < -0.4 is 0 Å². The first-order chi connectivity index (χ1) is 8.93. The third-order valence-corrected chi connectivity index (χ3v) is 3.78. The van der Waals surface area contributed by atoms with Gasteiger partial charge in [0.1, 0.15) is 23.2 Å². The molecule has 18 heavy (non-hydrogen) atoms. The maximum atomic E-state index is 4.32. The quantitative estimate of drug-likeness (QED) is 0.625. The Balaban J connectivity index is 1.99. The van der Waals surface area contributed by atoms with E-state index in [1.54, 1.807) is 24.4 Å². The van der Waals surface area contributed by atoms with Gasteiger partial charge in [-0.15, -0.1) is 0 Å². The molecule has 0 saturated heterocycles. The Kier molecular flexibility index (Phi) is 2.01. The topological polar surface area (TPSA) is 43.6 Å². The summed E-state index contributed by atoms with van der Waals surface area (Å²) in [6, 6.07) is 10.3. The third-order valence-electron chi connectivity index (χ3n) is 2.92. The van der Waals surface area contributed by atoms with Crippen molar-refractivity contribution in [1.82, 2.24) is 19.5 Å². The number of imidazole rings is 1. The van der Waals surface area contributed by atoms with Crippen molar-refractivity contribution in [1.29, 1.82) is 0 Å². The summed E-state index contributed by atoms with van der Waals surface area (Å²) in [6.07, 6.45) is 3.37. The molecule has 5 heteroatoms. The zero-order valence-corrected chi connectivity index (χ0v) is 10.1. The molecule has 0 spiro atoms. The highest BCUT2D eigenvalue weighted by atomic mass is 32.2.